The molecule has 21 heavy (non-hydrogen) atoms. The van der Waals surface area contributed by atoms with Crippen LogP contribution in [-0.4, -0.2) is 15.4 Å². The van der Waals surface area contributed by atoms with Gasteiger partial charge in [-0.15, -0.1) is 11.6 Å². The first-order valence-electron chi connectivity index (χ1n) is 6.59. The van der Waals surface area contributed by atoms with Gasteiger partial charge in [0.05, 0.1) is 21.1 Å². The summed E-state index contributed by atoms with van der Waals surface area (Å²) in [5.41, 5.74) is 4.12. The molecule has 0 N–H and O–H groups in total. The Bertz CT molecular complexity index is 809. The number of hydrogen-bond acceptors (Lipinski definition) is 1. The van der Waals surface area contributed by atoms with Crippen molar-refractivity contribution in [1.29, 1.82) is 0 Å². The summed E-state index contributed by atoms with van der Waals surface area (Å²) in [4.78, 5) is 4.67. The van der Waals surface area contributed by atoms with Crippen LogP contribution in [0, 0.1) is 6.92 Å². The van der Waals surface area contributed by atoms with E-state index in [4.69, 9.17) is 34.8 Å². The van der Waals surface area contributed by atoms with Gasteiger partial charge in [0.1, 0.15) is 5.82 Å². The molecule has 2 aromatic carbocycles. The maximum Gasteiger partial charge on any atom is 0.115 e. The van der Waals surface area contributed by atoms with Gasteiger partial charge in [-0.25, -0.2) is 4.98 Å². The lowest BCUT2D eigenvalue weighted by molar-refractivity contribution is 0.912. The van der Waals surface area contributed by atoms with Crippen LogP contribution in [0.25, 0.3) is 16.7 Å². The molecule has 108 valence electrons. The summed E-state index contributed by atoms with van der Waals surface area (Å²) < 4.78 is 2.09. The summed E-state index contributed by atoms with van der Waals surface area (Å²) in [5, 5.41) is 1.07. The van der Waals surface area contributed by atoms with Gasteiger partial charge in [-0.05, 0) is 42.8 Å². The molecule has 5 heteroatoms. The summed E-state index contributed by atoms with van der Waals surface area (Å²) in [6, 6.07) is 11.8. The number of aryl methyl sites for hydroxylation is 2. The number of rotatable bonds is 3. The summed E-state index contributed by atoms with van der Waals surface area (Å²) in [6.45, 7) is 2.06. The standard InChI is InChI=1S/C16H13Cl3N2/c1-10-2-5-14-15(8-10)21(16(20-14)6-7-17)11-3-4-12(18)13(19)9-11/h2-5,8-9H,6-7H2,1H3. The quantitative estimate of drug-likeness (QED) is 0.582. The Balaban J connectivity index is 2.29. The highest BCUT2D eigenvalue weighted by Gasteiger charge is 2.13. The SMILES string of the molecule is Cc1ccc2nc(CCCl)n(-c3ccc(Cl)c(Cl)c3)c2c1. The van der Waals surface area contributed by atoms with Gasteiger partial charge < -0.3 is 0 Å². The van der Waals surface area contributed by atoms with Gasteiger partial charge in [0.25, 0.3) is 0 Å². The molecule has 1 heterocycles. The molecule has 0 radical (unpaired) electrons. The molecule has 0 aliphatic rings. The van der Waals surface area contributed by atoms with Gasteiger partial charge in [0.2, 0.25) is 0 Å². The lowest BCUT2D eigenvalue weighted by Gasteiger charge is -2.10. The molecule has 0 saturated carbocycles. The zero-order chi connectivity index (χ0) is 15.0. The molecule has 0 aliphatic heterocycles. The van der Waals surface area contributed by atoms with E-state index in [2.05, 4.69) is 28.6 Å². The molecule has 0 aliphatic carbocycles. The number of fused-ring (bicyclic) bond motifs is 1. The Hall–Kier alpha value is -1.22. The third kappa shape index (κ3) is 2.76. The van der Waals surface area contributed by atoms with Crippen LogP contribution in [0.4, 0.5) is 0 Å². The zero-order valence-corrected chi connectivity index (χ0v) is 13.7. The van der Waals surface area contributed by atoms with E-state index in [1.54, 1.807) is 6.07 Å². The molecular formula is C16H13Cl3N2. The largest absolute Gasteiger partial charge is 0.296 e. The highest BCUT2D eigenvalue weighted by molar-refractivity contribution is 6.42. The van der Waals surface area contributed by atoms with E-state index in [1.165, 1.54) is 5.56 Å². The third-order valence-corrected chi connectivity index (χ3v) is 4.29. The summed E-state index contributed by atoms with van der Waals surface area (Å²) >= 11 is 18.1. The lowest BCUT2D eigenvalue weighted by Crippen LogP contribution is -2.02. The second-order valence-corrected chi connectivity index (χ2v) is 6.09. The van der Waals surface area contributed by atoms with Gasteiger partial charge in [0.15, 0.2) is 0 Å². The first-order valence-corrected chi connectivity index (χ1v) is 7.88. The van der Waals surface area contributed by atoms with Crippen molar-refractivity contribution in [2.75, 3.05) is 5.88 Å². The van der Waals surface area contributed by atoms with E-state index >= 15 is 0 Å². The van der Waals surface area contributed by atoms with Crippen molar-refractivity contribution >= 4 is 45.8 Å². The van der Waals surface area contributed by atoms with Crippen molar-refractivity contribution in [3.8, 4) is 5.69 Å². The monoisotopic (exact) mass is 338 g/mol. The molecule has 0 bridgehead atoms. The number of halogens is 3. The molecule has 0 fully saturated rings. The highest BCUT2D eigenvalue weighted by Crippen LogP contribution is 2.28. The Morgan fingerprint density at radius 2 is 1.86 bits per heavy atom. The van der Waals surface area contributed by atoms with E-state index in [9.17, 15) is 0 Å². The summed E-state index contributed by atoms with van der Waals surface area (Å²) in [6.07, 6.45) is 0.690. The van der Waals surface area contributed by atoms with Gasteiger partial charge in [-0.1, -0.05) is 29.3 Å². The van der Waals surface area contributed by atoms with E-state index in [-0.39, 0.29) is 0 Å². The fourth-order valence-electron chi connectivity index (χ4n) is 2.40. The smallest absolute Gasteiger partial charge is 0.115 e. The zero-order valence-electron chi connectivity index (χ0n) is 11.4. The number of benzene rings is 2. The van der Waals surface area contributed by atoms with Crippen LogP contribution < -0.4 is 0 Å². The Labute approximate surface area is 138 Å². The molecular weight excluding hydrogens is 327 g/mol. The normalized spacial score (nSPS) is 11.2. The fraction of sp³-hybridized carbons (Fsp3) is 0.188. The number of aromatic nitrogens is 2. The van der Waals surface area contributed by atoms with Gasteiger partial charge in [-0.3, -0.25) is 4.57 Å². The first-order chi connectivity index (χ1) is 10.1. The van der Waals surface area contributed by atoms with Crippen molar-refractivity contribution < 1.29 is 0 Å². The van der Waals surface area contributed by atoms with Gasteiger partial charge in [-0.2, -0.15) is 0 Å². The molecule has 0 spiro atoms. The molecule has 0 unspecified atom stereocenters. The second-order valence-electron chi connectivity index (χ2n) is 4.89. The minimum absolute atomic E-state index is 0.517. The van der Waals surface area contributed by atoms with E-state index < -0.39 is 0 Å². The van der Waals surface area contributed by atoms with Crippen LogP contribution in [0.5, 0.6) is 0 Å². The maximum atomic E-state index is 6.15. The number of alkyl halides is 1. The Morgan fingerprint density at radius 3 is 2.57 bits per heavy atom. The fourth-order valence-corrected chi connectivity index (χ4v) is 2.86. The van der Waals surface area contributed by atoms with Gasteiger partial charge in [0, 0.05) is 18.0 Å². The van der Waals surface area contributed by atoms with Crippen LogP contribution in [0.15, 0.2) is 36.4 Å². The minimum Gasteiger partial charge on any atom is -0.296 e. The van der Waals surface area contributed by atoms with Crippen molar-refractivity contribution in [1.82, 2.24) is 9.55 Å². The van der Waals surface area contributed by atoms with Crippen molar-refractivity contribution in [2.24, 2.45) is 0 Å². The van der Waals surface area contributed by atoms with E-state index in [0.717, 1.165) is 22.5 Å². The minimum atomic E-state index is 0.517. The number of imidazole rings is 1. The molecule has 2 nitrogen and oxygen atoms in total. The van der Waals surface area contributed by atoms with Crippen molar-refractivity contribution in [2.45, 2.75) is 13.3 Å². The van der Waals surface area contributed by atoms with Crippen LogP contribution in [0.3, 0.4) is 0 Å². The number of nitrogens with zero attached hydrogens (tertiary/aromatic N) is 2. The molecule has 3 rings (SSSR count). The van der Waals surface area contributed by atoms with Crippen molar-refractivity contribution in [3.63, 3.8) is 0 Å². The average Bonchev–Trinajstić information content (AvgIpc) is 2.80. The maximum absolute atomic E-state index is 6.15. The van der Waals surface area contributed by atoms with Crippen LogP contribution in [-0.2, 0) is 6.42 Å². The van der Waals surface area contributed by atoms with Gasteiger partial charge >= 0.3 is 0 Å². The predicted octanol–water partition coefficient (Wildman–Crippen LogP) is 5.42. The molecule has 3 aromatic rings. The Kier molecular flexibility index (Phi) is 4.12. The lowest BCUT2D eigenvalue weighted by atomic mass is 10.2. The molecule has 0 saturated heterocycles. The highest BCUT2D eigenvalue weighted by atomic mass is 35.5. The van der Waals surface area contributed by atoms with Crippen LogP contribution >= 0.6 is 34.8 Å². The third-order valence-electron chi connectivity index (χ3n) is 3.36. The Morgan fingerprint density at radius 1 is 1.05 bits per heavy atom. The van der Waals surface area contributed by atoms with E-state index in [0.29, 0.717) is 22.3 Å². The van der Waals surface area contributed by atoms with Crippen LogP contribution in [0.1, 0.15) is 11.4 Å². The van der Waals surface area contributed by atoms with E-state index in [1.807, 2.05) is 18.2 Å². The second kappa shape index (κ2) is 5.88. The van der Waals surface area contributed by atoms with Crippen LogP contribution in [0.2, 0.25) is 10.0 Å². The molecule has 0 amide bonds. The first kappa shape index (κ1) is 14.7. The molecule has 1 aromatic heterocycles. The average molecular weight is 340 g/mol. The predicted molar refractivity (Wildman–Crippen MR) is 90.3 cm³/mol. The summed E-state index contributed by atoms with van der Waals surface area (Å²) in [5.74, 6) is 1.44. The van der Waals surface area contributed by atoms with Crippen molar-refractivity contribution in [3.05, 3.63) is 57.8 Å². The number of hydrogen-bond donors (Lipinski definition) is 0. The molecule has 0 atom stereocenters. The summed E-state index contributed by atoms with van der Waals surface area (Å²) in [7, 11) is 0. The topological polar surface area (TPSA) is 17.8 Å².